The average Bonchev–Trinajstić information content (AvgIpc) is 2.85. The van der Waals surface area contributed by atoms with E-state index < -0.39 is 0 Å². The molecule has 19 heavy (non-hydrogen) atoms. The van der Waals surface area contributed by atoms with Gasteiger partial charge in [0, 0.05) is 12.5 Å². The van der Waals surface area contributed by atoms with E-state index in [0.717, 1.165) is 13.1 Å². The molecule has 0 bridgehead atoms. The maximum atomic E-state index is 6.15. The number of ether oxygens (including phenoxy) is 1. The van der Waals surface area contributed by atoms with Crippen molar-refractivity contribution in [2.45, 2.75) is 51.2 Å². The van der Waals surface area contributed by atoms with Crippen molar-refractivity contribution in [1.82, 2.24) is 5.32 Å². The van der Waals surface area contributed by atoms with E-state index in [2.05, 4.69) is 43.4 Å². The van der Waals surface area contributed by atoms with Crippen LogP contribution in [0.1, 0.15) is 43.2 Å². The summed E-state index contributed by atoms with van der Waals surface area (Å²) in [5, 5.41) is 3.56. The third-order valence-electron chi connectivity index (χ3n) is 4.75. The third-order valence-corrected chi connectivity index (χ3v) is 4.75. The van der Waals surface area contributed by atoms with E-state index in [9.17, 15) is 0 Å². The van der Waals surface area contributed by atoms with Crippen LogP contribution in [0.5, 0.6) is 0 Å². The van der Waals surface area contributed by atoms with Gasteiger partial charge in [-0.2, -0.15) is 0 Å². The number of aryl methyl sites for hydroxylation is 1. The van der Waals surface area contributed by atoms with Crippen molar-refractivity contribution in [1.29, 1.82) is 0 Å². The molecule has 1 aromatic carbocycles. The van der Waals surface area contributed by atoms with Gasteiger partial charge in [-0.3, -0.25) is 0 Å². The summed E-state index contributed by atoms with van der Waals surface area (Å²) in [6, 6.07) is 9.01. The maximum absolute atomic E-state index is 6.15. The van der Waals surface area contributed by atoms with Gasteiger partial charge in [-0.05, 0) is 51.1 Å². The van der Waals surface area contributed by atoms with Crippen LogP contribution in [0.2, 0.25) is 0 Å². The van der Waals surface area contributed by atoms with Crippen LogP contribution in [0, 0.1) is 12.8 Å². The number of piperidine rings is 1. The van der Waals surface area contributed by atoms with Crippen molar-refractivity contribution < 1.29 is 4.74 Å². The summed E-state index contributed by atoms with van der Waals surface area (Å²) in [4.78, 5) is 0. The topological polar surface area (TPSA) is 21.3 Å². The fraction of sp³-hybridized carbons (Fsp3) is 0.647. The van der Waals surface area contributed by atoms with Crippen molar-refractivity contribution >= 4 is 0 Å². The highest BCUT2D eigenvalue weighted by Gasteiger charge is 2.36. The lowest BCUT2D eigenvalue weighted by atomic mass is 9.77. The van der Waals surface area contributed by atoms with Crippen molar-refractivity contribution in [3.05, 3.63) is 35.4 Å². The minimum Gasteiger partial charge on any atom is -0.375 e. The number of hydrogen-bond donors (Lipinski definition) is 1. The molecule has 1 N–H and O–H groups in total. The number of hydrogen-bond acceptors (Lipinski definition) is 2. The molecule has 0 radical (unpaired) electrons. The van der Waals surface area contributed by atoms with Crippen LogP contribution >= 0.6 is 0 Å². The van der Waals surface area contributed by atoms with E-state index in [1.54, 1.807) is 0 Å². The predicted molar refractivity (Wildman–Crippen MR) is 78.5 cm³/mol. The Morgan fingerprint density at radius 2 is 2.11 bits per heavy atom. The summed E-state index contributed by atoms with van der Waals surface area (Å²) in [6.45, 7) is 6.63. The lowest BCUT2D eigenvalue weighted by molar-refractivity contribution is 0.00348. The fourth-order valence-corrected chi connectivity index (χ4v) is 3.74. The van der Waals surface area contributed by atoms with E-state index in [0.29, 0.717) is 24.0 Å². The zero-order valence-corrected chi connectivity index (χ0v) is 12.1. The summed E-state index contributed by atoms with van der Waals surface area (Å²) in [7, 11) is 0. The molecule has 2 aliphatic heterocycles. The van der Waals surface area contributed by atoms with Gasteiger partial charge in [-0.15, -0.1) is 0 Å². The Morgan fingerprint density at radius 1 is 1.21 bits per heavy atom. The Labute approximate surface area is 116 Å². The Balaban J connectivity index is 1.81. The van der Waals surface area contributed by atoms with Gasteiger partial charge in [-0.25, -0.2) is 0 Å². The molecule has 0 aliphatic carbocycles. The maximum Gasteiger partial charge on any atom is 0.0614 e. The van der Waals surface area contributed by atoms with Crippen molar-refractivity contribution in [2.75, 3.05) is 13.1 Å². The van der Waals surface area contributed by atoms with Crippen LogP contribution in [0.25, 0.3) is 0 Å². The van der Waals surface area contributed by atoms with Gasteiger partial charge >= 0.3 is 0 Å². The standard InChI is InChI=1S/C17H25NO/c1-12-4-3-5-14(10-12)16-11-18-9-8-15(16)17-7-6-13(2)19-17/h3-5,10,13,15-18H,6-9,11H2,1-2H3. The largest absolute Gasteiger partial charge is 0.375 e. The van der Waals surface area contributed by atoms with Crippen LogP contribution < -0.4 is 5.32 Å². The van der Waals surface area contributed by atoms with Gasteiger partial charge in [0.2, 0.25) is 0 Å². The van der Waals surface area contributed by atoms with E-state index in [-0.39, 0.29) is 0 Å². The molecular weight excluding hydrogens is 234 g/mol. The van der Waals surface area contributed by atoms with Crippen LogP contribution in [0.15, 0.2) is 24.3 Å². The molecule has 0 saturated carbocycles. The smallest absolute Gasteiger partial charge is 0.0614 e. The summed E-state index contributed by atoms with van der Waals surface area (Å²) in [5.41, 5.74) is 2.85. The second-order valence-corrected chi connectivity index (χ2v) is 6.24. The van der Waals surface area contributed by atoms with Crippen molar-refractivity contribution in [3.8, 4) is 0 Å². The quantitative estimate of drug-likeness (QED) is 0.880. The zero-order chi connectivity index (χ0) is 13.2. The Bertz CT molecular complexity index is 431. The van der Waals surface area contributed by atoms with Gasteiger partial charge in [0.1, 0.15) is 0 Å². The SMILES string of the molecule is Cc1cccc(C2CNCCC2C2CCC(C)O2)c1. The summed E-state index contributed by atoms with van der Waals surface area (Å²) in [5.74, 6) is 1.30. The molecule has 2 nitrogen and oxygen atoms in total. The van der Waals surface area contributed by atoms with E-state index >= 15 is 0 Å². The summed E-state index contributed by atoms with van der Waals surface area (Å²) in [6.07, 6.45) is 4.65. The average molecular weight is 259 g/mol. The van der Waals surface area contributed by atoms with E-state index in [1.807, 2.05) is 0 Å². The fourth-order valence-electron chi connectivity index (χ4n) is 3.74. The van der Waals surface area contributed by atoms with Crippen LogP contribution in [0.4, 0.5) is 0 Å². The molecule has 0 amide bonds. The Morgan fingerprint density at radius 3 is 2.84 bits per heavy atom. The van der Waals surface area contributed by atoms with Crippen LogP contribution in [-0.4, -0.2) is 25.3 Å². The molecule has 2 saturated heterocycles. The minimum absolute atomic E-state index is 0.457. The summed E-state index contributed by atoms with van der Waals surface area (Å²) >= 11 is 0. The van der Waals surface area contributed by atoms with Gasteiger partial charge in [0.05, 0.1) is 12.2 Å². The first-order valence-electron chi connectivity index (χ1n) is 7.67. The second-order valence-electron chi connectivity index (χ2n) is 6.24. The molecule has 4 atom stereocenters. The van der Waals surface area contributed by atoms with Crippen LogP contribution in [0.3, 0.4) is 0 Å². The molecule has 2 heteroatoms. The molecule has 0 aromatic heterocycles. The lowest BCUT2D eigenvalue weighted by Gasteiger charge is -2.36. The molecule has 104 valence electrons. The molecule has 0 spiro atoms. The lowest BCUT2D eigenvalue weighted by Crippen LogP contribution is -2.40. The van der Waals surface area contributed by atoms with Gasteiger partial charge in [0.25, 0.3) is 0 Å². The molecule has 1 aromatic rings. The normalized spacial score (nSPS) is 35.5. The number of nitrogens with one attached hydrogen (secondary N) is 1. The predicted octanol–water partition coefficient (Wildman–Crippen LogP) is 3.26. The van der Waals surface area contributed by atoms with Gasteiger partial charge in [0.15, 0.2) is 0 Å². The van der Waals surface area contributed by atoms with Gasteiger partial charge in [-0.1, -0.05) is 29.8 Å². The Hall–Kier alpha value is -0.860. The molecule has 2 aliphatic rings. The molecule has 4 unspecified atom stereocenters. The monoisotopic (exact) mass is 259 g/mol. The van der Waals surface area contributed by atoms with Crippen molar-refractivity contribution in [2.24, 2.45) is 5.92 Å². The number of benzene rings is 1. The molecule has 3 rings (SSSR count). The highest BCUT2D eigenvalue weighted by Crippen LogP contribution is 2.38. The Kier molecular flexibility index (Phi) is 3.90. The first kappa shape index (κ1) is 13.1. The summed E-state index contributed by atoms with van der Waals surface area (Å²) < 4.78 is 6.15. The van der Waals surface area contributed by atoms with E-state index in [4.69, 9.17) is 4.74 Å². The highest BCUT2D eigenvalue weighted by atomic mass is 16.5. The highest BCUT2D eigenvalue weighted by molar-refractivity contribution is 5.27. The van der Waals surface area contributed by atoms with Crippen molar-refractivity contribution in [3.63, 3.8) is 0 Å². The molecule has 2 fully saturated rings. The minimum atomic E-state index is 0.457. The first-order chi connectivity index (χ1) is 9.24. The second kappa shape index (κ2) is 5.64. The number of rotatable bonds is 2. The van der Waals surface area contributed by atoms with Gasteiger partial charge < -0.3 is 10.1 Å². The molecule has 2 heterocycles. The van der Waals surface area contributed by atoms with Crippen LogP contribution in [-0.2, 0) is 4.74 Å². The van der Waals surface area contributed by atoms with E-state index in [1.165, 1.54) is 30.4 Å². The first-order valence-corrected chi connectivity index (χ1v) is 7.67. The zero-order valence-electron chi connectivity index (χ0n) is 12.1. The third kappa shape index (κ3) is 2.85. The molecular formula is C17H25NO.